The molecule has 0 bridgehead atoms. The smallest absolute Gasteiger partial charge is 0.403 e. The van der Waals surface area contributed by atoms with Gasteiger partial charge in [0.1, 0.15) is 11.6 Å². The van der Waals surface area contributed by atoms with Gasteiger partial charge in [-0.05, 0) is 128 Å². The van der Waals surface area contributed by atoms with Crippen molar-refractivity contribution in [3.63, 3.8) is 0 Å². The Morgan fingerprint density at radius 2 is 1.48 bits per heavy atom. The van der Waals surface area contributed by atoms with E-state index in [0.29, 0.717) is 55.6 Å². The zero-order chi connectivity index (χ0) is 28.4. The highest BCUT2D eigenvalue weighted by Gasteiger charge is 2.34. The van der Waals surface area contributed by atoms with Crippen LogP contribution in [0.1, 0.15) is 90.7 Å². The van der Waals surface area contributed by atoms with E-state index >= 15 is 8.78 Å². The molecule has 2 aliphatic rings. The van der Waals surface area contributed by atoms with Gasteiger partial charge in [-0.1, -0.05) is 37.3 Å². The van der Waals surface area contributed by atoms with Crippen molar-refractivity contribution in [2.75, 3.05) is 0 Å². The van der Waals surface area contributed by atoms with Gasteiger partial charge in [0.25, 0.3) is 0 Å². The first-order chi connectivity index (χ1) is 19.1. The number of rotatable bonds is 7. The third-order valence-electron chi connectivity index (χ3n) is 8.82. The number of alkyl halides is 3. The van der Waals surface area contributed by atoms with Crippen LogP contribution in [0, 0.1) is 23.4 Å². The van der Waals surface area contributed by atoms with Gasteiger partial charge >= 0.3 is 6.36 Å². The van der Waals surface area contributed by atoms with Crippen LogP contribution in [0.25, 0.3) is 0 Å². The Morgan fingerprint density at radius 1 is 0.800 bits per heavy atom. The molecule has 0 aliphatic heterocycles. The van der Waals surface area contributed by atoms with Crippen molar-refractivity contribution in [3.05, 3.63) is 99.4 Å². The van der Waals surface area contributed by atoms with Gasteiger partial charge in [-0.25, -0.2) is 13.2 Å². The zero-order valence-corrected chi connectivity index (χ0v) is 22.6. The lowest BCUT2D eigenvalue weighted by atomic mass is 9.74. The van der Waals surface area contributed by atoms with Crippen LogP contribution >= 0.6 is 0 Å². The van der Waals surface area contributed by atoms with Crippen LogP contribution in [0.15, 0.2) is 48.5 Å². The van der Waals surface area contributed by atoms with Crippen LogP contribution in [0.4, 0.5) is 26.3 Å². The molecule has 0 N–H and O–H groups in total. The normalized spacial score (nSPS) is 21.2. The monoisotopic (exact) mass is 560 g/mol. The van der Waals surface area contributed by atoms with E-state index in [0.717, 1.165) is 43.4 Å². The molecule has 0 saturated heterocycles. The molecule has 5 rings (SSSR count). The second-order valence-corrected chi connectivity index (χ2v) is 11.3. The fourth-order valence-electron chi connectivity index (χ4n) is 6.57. The second-order valence-electron chi connectivity index (χ2n) is 11.3. The molecule has 7 heteroatoms. The molecule has 1 saturated carbocycles. The predicted molar refractivity (Wildman–Crippen MR) is 143 cm³/mol. The molecule has 40 heavy (non-hydrogen) atoms. The first-order valence-corrected chi connectivity index (χ1v) is 14.2. The Labute approximate surface area is 231 Å². The quantitative estimate of drug-likeness (QED) is 0.261. The molecular weight excluding hydrogens is 526 g/mol. The number of hydrogen-bond donors (Lipinski definition) is 0. The van der Waals surface area contributed by atoms with Crippen molar-refractivity contribution < 1.29 is 31.1 Å². The second kappa shape index (κ2) is 11.9. The standard InChI is InChI=1S/C33H34F6O/c1-2-20-3-5-21(6-4-20)7-8-22-9-15-27-26(17-22)19-29(35)31(32(27)36)24-12-10-23(11-13-24)25-14-16-30(28(34)18-25)40-33(37,38)39/h3-6,14,16,18-19,22-24H,2,7-13,15,17H2,1H3. The minimum Gasteiger partial charge on any atom is -0.403 e. The van der Waals surface area contributed by atoms with E-state index in [-0.39, 0.29) is 17.4 Å². The summed E-state index contributed by atoms with van der Waals surface area (Å²) in [5.41, 5.74) is 4.76. The molecule has 3 aromatic carbocycles. The highest BCUT2D eigenvalue weighted by atomic mass is 19.4. The molecule has 214 valence electrons. The maximum atomic E-state index is 15.7. The summed E-state index contributed by atoms with van der Waals surface area (Å²) in [7, 11) is 0. The van der Waals surface area contributed by atoms with Gasteiger partial charge in [0.05, 0.1) is 0 Å². The van der Waals surface area contributed by atoms with E-state index < -0.39 is 29.6 Å². The first-order valence-electron chi connectivity index (χ1n) is 14.2. The van der Waals surface area contributed by atoms with Gasteiger partial charge in [-0.15, -0.1) is 13.2 Å². The topological polar surface area (TPSA) is 9.23 Å². The van der Waals surface area contributed by atoms with Gasteiger partial charge in [0.15, 0.2) is 11.6 Å². The number of ether oxygens (including phenoxy) is 1. The maximum Gasteiger partial charge on any atom is 0.573 e. The summed E-state index contributed by atoms with van der Waals surface area (Å²) < 4.78 is 86.3. The Hall–Kier alpha value is -2.96. The molecule has 0 radical (unpaired) electrons. The van der Waals surface area contributed by atoms with Crippen molar-refractivity contribution in [1.82, 2.24) is 0 Å². The zero-order valence-electron chi connectivity index (χ0n) is 22.6. The van der Waals surface area contributed by atoms with Gasteiger partial charge in [-0.2, -0.15) is 0 Å². The lowest BCUT2D eigenvalue weighted by Crippen LogP contribution is -2.21. The third kappa shape index (κ3) is 6.50. The molecule has 0 amide bonds. The predicted octanol–water partition coefficient (Wildman–Crippen LogP) is 9.74. The van der Waals surface area contributed by atoms with E-state index in [1.165, 1.54) is 23.3 Å². The fourth-order valence-corrected chi connectivity index (χ4v) is 6.57. The Morgan fingerprint density at radius 3 is 2.12 bits per heavy atom. The molecule has 1 unspecified atom stereocenters. The largest absolute Gasteiger partial charge is 0.573 e. The van der Waals surface area contributed by atoms with E-state index in [9.17, 15) is 17.6 Å². The summed E-state index contributed by atoms with van der Waals surface area (Å²) in [6.07, 6.45) is 2.36. The van der Waals surface area contributed by atoms with Crippen LogP contribution in [0.3, 0.4) is 0 Å². The van der Waals surface area contributed by atoms with Gasteiger partial charge in [0, 0.05) is 5.56 Å². The molecule has 0 heterocycles. The average Bonchev–Trinajstić information content (AvgIpc) is 2.93. The average molecular weight is 561 g/mol. The molecule has 1 atom stereocenters. The highest BCUT2D eigenvalue weighted by Crippen LogP contribution is 2.44. The fraction of sp³-hybridized carbons (Fsp3) is 0.455. The molecular formula is C33H34F6O. The SMILES string of the molecule is CCc1ccc(CCC2CCc3c(cc(F)c(C4CCC(c5ccc(OC(F)(F)F)c(F)c5)CC4)c3F)C2)cc1. The van der Waals surface area contributed by atoms with E-state index in [1.54, 1.807) is 0 Å². The van der Waals surface area contributed by atoms with E-state index in [2.05, 4.69) is 35.9 Å². The van der Waals surface area contributed by atoms with Gasteiger partial charge < -0.3 is 4.74 Å². The Kier molecular flexibility index (Phi) is 8.48. The highest BCUT2D eigenvalue weighted by molar-refractivity contribution is 5.39. The van der Waals surface area contributed by atoms with Crippen molar-refractivity contribution in [2.24, 2.45) is 5.92 Å². The van der Waals surface area contributed by atoms with Gasteiger partial charge in [-0.3, -0.25) is 0 Å². The Bertz CT molecular complexity index is 1320. The van der Waals surface area contributed by atoms with Crippen LogP contribution in [0.2, 0.25) is 0 Å². The molecule has 1 fully saturated rings. The minimum absolute atomic E-state index is 0.0895. The number of hydrogen-bond acceptors (Lipinski definition) is 1. The summed E-state index contributed by atoms with van der Waals surface area (Å²) >= 11 is 0. The van der Waals surface area contributed by atoms with E-state index in [1.807, 2.05) is 0 Å². The van der Waals surface area contributed by atoms with Gasteiger partial charge in [0.2, 0.25) is 0 Å². The lowest BCUT2D eigenvalue weighted by molar-refractivity contribution is -0.275. The first kappa shape index (κ1) is 28.6. The molecule has 1 nitrogen and oxygen atoms in total. The van der Waals surface area contributed by atoms with Crippen molar-refractivity contribution >= 4 is 0 Å². The summed E-state index contributed by atoms with van der Waals surface area (Å²) in [6, 6.07) is 13.7. The number of benzene rings is 3. The number of halogens is 6. The van der Waals surface area contributed by atoms with Crippen molar-refractivity contribution in [3.8, 4) is 5.75 Å². The molecule has 0 aromatic heterocycles. The Balaban J connectivity index is 1.21. The maximum absolute atomic E-state index is 15.7. The van der Waals surface area contributed by atoms with Crippen LogP contribution < -0.4 is 4.74 Å². The molecule has 0 spiro atoms. The molecule has 3 aromatic rings. The van der Waals surface area contributed by atoms with Crippen molar-refractivity contribution in [2.45, 2.75) is 89.3 Å². The van der Waals surface area contributed by atoms with E-state index in [4.69, 9.17) is 0 Å². The number of fused-ring (bicyclic) bond motifs is 1. The summed E-state index contributed by atoms with van der Waals surface area (Å²) in [6.45, 7) is 2.13. The summed E-state index contributed by atoms with van der Waals surface area (Å²) in [4.78, 5) is 0. The van der Waals surface area contributed by atoms with Crippen LogP contribution in [0.5, 0.6) is 5.75 Å². The number of aryl methyl sites for hydroxylation is 2. The molecule has 2 aliphatic carbocycles. The van der Waals surface area contributed by atoms with Crippen LogP contribution in [-0.4, -0.2) is 6.36 Å². The third-order valence-corrected chi connectivity index (χ3v) is 8.82. The lowest BCUT2D eigenvalue weighted by Gasteiger charge is -2.32. The minimum atomic E-state index is -4.97. The van der Waals surface area contributed by atoms with Crippen molar-refractivity contribution in [1.29, 1.82) is 0 Å². The summed E-state index contributed by atoms with van der Waals surface area (Å²) in [5.74, 6) is -2.81. The summed E-state index contributed by atoms with van der Waals surface area (Å²) in [5, 5.41) is 0. The van der Waals surface area contributed by atoms with Crippen LogP contribution in [-0.2, 0) is 25.7 Å².